The Morgan fingerprint density at radius 1 is 1.20 bits per heavy atom. The summed E-state index contributed by atoms with van der Waals surface area (Å²) in [6, 6.07) is 0.754. The summed E-state index contributed by atoms with van der Waals surface area (Å²) in [4.78, 5) is 2.27. The van der Waals surface area contributed by atoms with E-state index in [1.54, 1.807) is 0 Å². The minimum atomic E-state index is -3.12. The fraction of sp³-hybridized carbons (Fsp3) is 1.00. The van der Waals surface area contributed by atoms with Gasteiger partial charge in [0, 0.05) is 18.6 Å². The van der Waals surface area contributed by atoms with E-state index in [2.05, 4.69) is 22.0 Å². The predicted octanol–water partition coefficient (Wildman–Crippen LogP) is 0.922. The van der Waals surface area contributed by atoms with Gasteiger partial charge >= 0.3 is 0 Å². The number of hydrogen-bond acceptors (Lipinski definition) is 4. The highest BCUT2D eigenvalue weighted by Gasteiger charge is 2.22. The van der Waals surface area contributed by atoms with E-state index in [-0.39, 0.29) is 5.75 Å². The van der Waals surface area contributed by atoms with Crippen LogP contribution in [0.25, 0.3) is 0 Å². The molecule has 0 aromatic carbocycles. The van der Waals surface area contributed by atoms with Crippen molar-refractivity contribution in [2.75, 3.05) is 32.4 Å². The maximum atomic E-state index is 12.1. The first kappa shape index (κ1) is 16.2. The molecule has 20 heavy (non-hydrogen) atoms. The van der Waals surface area contributed by atoms with E-state index in [0.29, 0.717) is 18.6 Å². The average molecular weight is 303 g/mol. The van der Waals surface area contributed by atoms with Crippen LogP contribution >= 0.6 is 0 Å². The molecule has 0 saturated carbocycles. The molecule has 0 aromatic rings. The highest BCUT2D eigenvalue weighted by atomic mass is 32.2. The zero-order chi connectivity index (χ0) is 14.4. The largest absolute Gasteiger partial charge is 0.314 e. The molecule has 0 amide bonds. The van der Waals surface area contributed by atoms with Crippen molar-refractivity contribution in [1.82, 2.24) is 14.9 Å². The molecule has 2 unspecified atom stereocenters. The van der Waals surface area contributed by atoms with Gasteiger partial charge in [-0.25, -0.2) is 13.1 Å². The summed E-state index contributed by atoms with van der Waals surface area (Å²) in [5.74, 6) is 0.251. The molecule has 0 spiro atoms. The number of piperidine rings is 2. The Morgan fingerprint density at radius 3 is 2.70 bits per heavy atom. The molecule has 0 radical (unpaired) electrons. The molecule has 2 rings (SSSR count). The smallest absolute Gasteiger partial charge is 0.211 e. The Morgan fingerprint density at radius 2 is 2.00 bits per heavy atom. The topological polar surface area (TPSA) is 61.4 Å². The molecule has 118 valence electrons. The van der Waals surface area contributed by atoms with E-state index < -0.39 is 10.0 Å². The highest BCUT2D eigenvalue weighted by Crippen LogP contribution is 2.15. The minimum Gasteiger partial charge on any atom is -0.314 e. The van der Waals surface area contributed by atoms with Gasteiger partial charge in [0.1, 0.15) is 0 Å². The zero-order valence-corrected chi connectivity index (χ0v) is 13.4. The second-order valence-corrected chi connectivity index (χ2v) is 8.16. The van der Waals surface area contributed by atoms with Crippen molar-refractivity contribution in [1.29, 1.82) is 0 Å². The molecule has 2 aliphatic heterocycles. The molecule has 2 N–H and O–H groups in total. The summed E-state index contributed by atoms with van der Waals surface area (Å²) in [7, 11) is -1.03. The molecule has 2 heterocycles. The number of nitrogens with one attached hydrogen (secondary N) is 2. The number of likely N-dealkylation sites (tertiary alicyclic amines) is 1. The fourth-order valence-corrected chi connectivity index (χ4v) is 4.35. The highest BCUT2D eigenvalue weighted by molar-refractivity contribution is 7.89. The standard InChI is InChI=1S/C14H29N3O2S/c1-17-10-5-3-7-14(17)12-16-20(18,19)11-8-13-6-2-4-9-15-13/h13-16H,2-12H2,1H3. The van der Waals surface area contributed by atoms with Gasteiger partial charge < -0.3 is 10.2 Å². The summed E-state index contributed by atoms with van der Waals surface area (Å²) in [5, 5.41) is 3.40. The second kappa shape index (κ2) is 7.73. The first-order chi connectivity index (χ1) is 9.57. The lowest BCUT2D eigenvalue weighted by Gasteiger charge is -2.32. The van der Waals surface area contributed by atoms with Crippen LogP contribution in [0.4, 0.5) is 0 Å². The third-order valence-corrected chi connectivity index (χ3v) is 5.99. The van der Waals surface area contributed by atoms with Crippen molar-refractivity contribution in [3.8, 4) is 0 Å². The van der Waals surface area contributed by atoms with Crippen LogP contribution in [0, 0.1) is 0 Å². The van der Waals surface area contributed by atoms with Crippen molar-refractivity contribution < 1.29 is 8.42 Å². The first-order valence-electron chi connectivity index (χ1n) is 7.98. The summed E-state index contributed by atoms with van der Waals surface area (Å²) in [6.45, 7) is 2.68. The van der Waals surface area contributed by atoms with E-state index in [0.717, 1.165) is 32.4 Å². The molecule has 5 nitrogen and oxygen atoms in total. The third kappa shape index (κ3) is 5.31. The van der Waals surface area contributed by atoms with Gasteiger partial charge in [0.05, 0.1) is 5.75 Å². The summed E-state index contributed by atoms with van der Waals surface area (Å²) in [5.41, 5.74) is 0. The number of likely N-dealkylation sites (N-methyl/N-ethyl adjacent to an activating group) is 1. The van der Waals surface area contributed by atoms with E-state index in [4.69, 9.17) is 0 Å². The van der Waals surface area contributed by atoms with Crippen LogP contribution in [0.5, 0.6) is 0 Å². The van der Waals surface area contributed by atoms with Crippen molar-refractivity contribution in [2.24, 2.45) is 0 Å². The van der Waals surface area contributed by atoms with Gasteiger partial charge in [0.25, 0.3) is 0 Å². The van der Waals surface area contributed by atoms with Crippen LogP contribution in [-0.4, -0.2) is 57.8 Å². The van der Waals surface area contributed by atoms with Crippen LogP contribution in [0.1, 0.15) is 44.9 Å². The van der Waals surface area contributed by atoms with Crippen molar-refractivity contribution in [3.05, 3.63) is 0 Å². The van der Waals surface area contributed by atoms with Crippen molar-refractivity contribution in [3.63, 3.8) is 0 Å². The first-order valence-corrected chi connectivity index (χ1v) is 9.63. The fourth-order valence-electron chi connectivity index (χ4n) is 3.17. The molecule has 6 heteroatoms. The Labute approximate surface area is 123 Å². The Bertz CT molecular complexity index is 380. The molecular formula is C14H29N3O2S. The average Bonchev–Trinajstić information content (AvgIpc) is 2.46. The van der Waals surface area contributed by atoms with Crippen LogP contribution < -0.4 is 10.0 Å². The van der Waals surface area contributed by atoms with E-state index in [1.165, 1.54) is 25.7 Å². The van der Waals surface area contributed by atoms with Crippen LogP contribution in [-0.2, 0) is 10.0 Å². The van der Waals surface area contributed by atoms with E-state index >= 15 is 0 Å². The zero-order valence-electron chi connectivity index (χ0n) is 12.6. The molecule has 0 bridgehead atoms. The number of hydrogen-bond donors (Lipinski definition) is 2. The molecule has 0 aromatic heterocycles. The lowest BCUT2D eigenvalue weighted by atomic mass is 10.0. The lowest BCUT2D eigenvalue weighted by molar-refractivity contribution is 0.187. The number of nitrogens with zero attached hydrogens (tertiary/aromatic N) is 1. The summed E-state index contributed by atoms with van der Waals surface area (Å²) < 4.78 is 26.9. The quantitative estimate of drug-likeness (QED) is 0.766. The van der Waals surface area contributed by atoms with Crippen LogP contribution in [0.15, 0.2) is 0 Å². The number of rotatable bonds is 6. The van der Waals surface area contributed by atoms with Gasteiger partial charge in [-0.1, -0.05) is 12.8 Å². The van der Waals surface area contributed by atoms with Crippen molar-refractivity contribution in [2.45, 2.75) is 57.0 Å². The molecule has 2 saturated heterocycles. The maximum absolute atomic E-state index is 12.1. The Kier molecular flexibility index (Phi) is 6.26. The second-order valence-electron chi connectivity index (χ2n) is 6.23. The van der Waals surface area contributed by atoms with Gasteiger partial charge in [-0.3, -0.25) is 0 Å². The van der Waals surface area contributed by atoms with Crippen LogP contribution in [0.2, 0.25) is 0 Å². The lowest BCUT2D eigenvalue weighted by Crippen LogP contribution is -2.45. The van der Waals surface area contributed by atoms with E-state index in [9.17, 15) is 8.42 Å². The molecule has 2 atom stereocenters. The Hall–Kier alpha value is -0.170. The SMILES string of the molecule is CN1CCCCC1CNS(=O)(=O)CCC1CCCCN1. The van der Waals surface area contributed by atoms with Gasteiger partial charge in [-0.15, -0.1) is 0 Å². The van der Waals surface area contributed by atoms with E-state index in [1.807, 2.05) is 0 Å². The van der Waals surface area contributed by atoms with Gasteiger partial charge in [0.2, 0.25) is 10.0 Å². The van der Waals surface area contributed by atoms with Gasteiger partial charge in [0.15, 0.2) is 0 Å². The molecule has 0 aliphatic carbocycles. The summed E-state index contributed by atoms with van der Waals surface area (Å²) in [6.07, 6.45) is 7.82. The monoisotopic (exact) mass is 303 g/mol. The molecule has 2 fully saturated rings. The number of sulfonamides is 1. The van der Waals surface area contributed by atoms with Gasteiger partial charge in [-0.2, -0.15) is 0 Å². The van der Waals surface area contributed by atoms with Gasteiger partial charge in [-0.05, 0) is 52.2 Å². The summed E-state index contributed by atoms with van der Waals surface area (Å²) >= 11 is 0. The maximum Gasteiger partial charge on any atom is 0.211 e. The van der Waals surface area contributed by atoms with Crippen molar-refractivity contribution >= 4 is 10.0 Å². The van der Waals surface area contributed by atoms with Crippen LogP contribution in [0.3, 0.4) is 0 Å². The minimum absolute atomic E-state index is 0.251. The predicted molar refractivity (Wildman–Crippen MR) is 82.3 cm³/mol. The molecular weight excluding hydrogens is 274 g/mol. The third-order valence-electron chi connectivity index (χ3n) is 4.61. The normalized spacial score (nSPS) is 29.4. The molecule has 2 aliphatic rings. The Balaban J connectivity index is 1.70.